The van der Waals surface area contributed by atoms with Crippen LogP contribution < -0.4 is 9.47 Å². The summed E-state index contributed by atoms with van der Waals surface area (Å²) in [6, 6.07) is 3.22. The van der Waals surface area contributed by atoms with Gasteiger partial charge in [-0.05, 0) is 30.5 Å². The minimum Gasteiger partial charge on any atom is -0.486 e. The standard InChI is InChI=1S/C15H15ClN2O5S/c16-11-5-9(6-12-14(11)22-4-3-21-12)7-24(19,20)8-13-17-15(18-23-13)10-1-2-10/h5-6,10H,1-4,7-8H2. The van der Waals surface area contributed by atoms with E-state index in [2.05, 4.69) is 10.1 Å². The van der Waals surface area contributed by atoms with Crippen molar-refractivity contribution < 1.29 is 22.4 Å². The highest BCUT2D eigenvalue weighted by atomic mass is 35.5. The second-order valence-corrected chi connectivity index (χ2v) is 8.43. The second kappa shape index (κ2) is 5.93. The van der Waals surface area contributed by atoms with Gasteiger partial charge in [0, 0.05) is 5.92 Å². The van der Waals surface area contributed by atoms with Crippen molar-refractivity contribution in [2.24, 2.45) is 0 Å². The van der Waals surface area contributed by atoms with Gasteiger partial charge in [-0.2, -0.15) is 4.98 Å². The summed E-state index contributed by atoms with van der Waals surface area (Å²) < 4.78 is 40.7. The van der Waals surface area contributed by atoms with Gasteiger partial charge >= 0.3 is 0 Å². The van der Waals surface area contributed by atoms with Gasteiger partial charge in [0.25, 0.3) is 0 Å². The Morgan fingerprint density at radius 1 is 1.17 bits per heavy atom. The Labute approximate surface area is 143 Å². The summed E-state index contributed by atoms with van der Waals surface area (Å²) in [4.78, 5) is 4.16. The summed E-state index contributed by atoms with van der Waals surface area (Å²) >= 11 is 6.14. The molecule has 1 saturated carbocycles. The number of nitrogens with zero attached hydrogens (tertiary/aromatic N) is 2. The number of fused-ring (bicyclic) bond motifs is 1. The lowest BCUT2D eigenvalue weighted by molar-refractivity contribution is 0.171. The summed E-state index contributed by atoms with van der Waals surface area (Å²) in [7, 11) is -3.47. The highest BCUT2D eigenvalue weighted by Gasteiger charge is 2.29. The molecule has 1 aromatic heterocycles. The van der Waals surface area contributed by atoms with E-state index in [0.29, 0.717) is 47.0 Å². The Hall–Kier alpha value is -1.80. The van der Waals surface area contributed by atoms with Gasteiger partial charge in [0.2, 0.25) is 5.89 Å². The van der Waals surface area contributed by atoms with Crippen LogP contribution in [0.5, 0.6) is 11.5 Å². The van der Waals surface area contributed by atoms with E-state index < -0.39 is 9.84 Å². The molecule has 0 amide bonds. The molecule has 0 atom stereocenters. The van der Waals surface area contributed by atoms with Crippen molar-refractivity contribution in [3.05, 3.63) is 34.4 Å². The normalized spacial score (nSPS) is 17.0. The summed E-state index contributed by atoms with van der Waals surface area (Å²) in [6.45, 7) is 0.830. The van der Waals surface area contributed by atoms with Gasteiger partial charge in [-0.3, -0.25) is 0 Å². The Morgan fingerprint density at radius 2 is 1.96 bits per heavy atom. The van der Waals surface area contributed by atoms with Crippen molar-refractivity contribution >= 4 is 21.4 Å². The van der Waals surface area contributed by atoms with E-state index in [-0.39, 0.29) is 17.4 Å². The smallest absolute Gasteiger partial charge is 0.241 e. The highest BCUT2D eigenvalue weighted by molar-refractivity contribution is 7.89. The van der Waals surface area contributed by atoms with E-state index in [1.165, 1.54) is 0 Å². The van der Waals surface area contributed by atoms with Gasteiger partial charge in [0.05, 0.1) is 10.8 Å². The van der Waals surface area contributed by atoms with Gasteiger partial charge in [-0.1, -0.05) is 16.8 Å². The monoisotopic (exact) mass is 370 g/mol. The molecule has 128 valence electrons. The lowest BCUT2D eigenvalue weighted by atomic mass is 10.2. The van der Waals surface area contributed by atoms with Gasteiger partial charge < -0.3 is 14.0 Å². The molecule has 0 unspecified atom stereocenters. The SMILES string of the molecule is O=S(=O)(Cc1cc(Cl)c2c(c1)OCCO2)Cc1nc(C2CC2)no1. The first-order valence-corrected chi connectivity index (χ1v) is 9.81. The third-order valence-corrected chi connectivity index (χ3v) is 5.55. The van der Waals surface area contributed by atoms with Gasteiger partial charge in [0.15, 0.2) is 27.2 Å². The molecular formula is C15H15ClN2O5S. The van der Waals surface area contributed by atoms with E-state index in [1.54, 1.807) is 12.1 Å². The van der Waals surface area contributed by atoms with Crippen molar-refractivity contribution in [1.82, 2.24) is 10.1 Å². The van der Waals surface area contributed by atoms with Crippen LogP contribution in [0.2, 0.25) is 5.02 Å². The maximum absolute atomic E-state index is 12.4. The number of rotatable bonds is 5. The largest absolute Gasteiger partial charge is 0.486 e. The fourth-order valence-corrected chi connectivity index (χ4v) is 4.13. The predicted molar refractivity (Wildman–Crippen MR) is 85.0 cm³/mol. The molecule has 0 bridgehead atoms. The second-order valence-electron chi connectivity index (χ2n) is 5.95. The summed E-state index contributed by atoms with van der Waals surface area (Å²) in [5, 5.41) is 4.17. The molecule has 1 aliphatic carbocycles. The minimum atomic E-state index is -3.47. The molecule has 2 aromatic rings. The van der Waals surface area contributed by atoms with Crippen LogP contribution in [0.25, 0.3) is 0 Å². The molecule has 24 heavy (non-hydrogen) atoms. The predicted octanol–water partition coefficient (Wildman–Crippen LogP) is 2.49. The average molecular weight is 371 g/mol. The number of sulfone groups is 1. The Balaban J connectivity index is 1.51. The lowest BCUT2D eigenvalue weighted by Crippen LogP contribution is -2.16. The Morgan fingerprint density at radius 3 is 2.75 bits per heavy atom. The van der Waals surface area contributed by atoms with Gasteiger partial charge in [-0.25, -0.2) is 8.42 Å². The quantitative estimate of drug-likeness (QED) is 0.798. The van der Waals surface area contributed by atoms with E-state index in [9.17, 15) is 8.42 Å². The zero-order valence-corrected chi connectivity index (χ0v) is 14.3. The zero-order chi connectivity index (χ0) is 16.7. The lowest BCUT2D eigenvalue weighted by Gasteiger charge is -2.20. The summed E-state index contributed by atoms with van der Waals surface area (Å²) in [6.07, 6.45) is 2.06. The first-order valence-electron chi connectivity index (χ1n) is 7.61. The molecule has 0 spiro atoms. The van der Waals surface area contributed by atoms with Crippen LogP contribution in [0.3, 0.4) is 0 Å². The number of benzene rings is 1. The van der Waals surface area contributed by atoms with E-state index in [0.717, 1.165) is 12.8 Å². The number of halogens is 1. The van der Waals surface area contributed by atoms with Crippen molar-refractivity contribution in [3.63, 3.8) is 0 Å². The molecular weight excluding hydrogens is 356 g/mol. The summed E-state index contributed by atoms with van der Waals surface area (Å²) in [5.41, 5.74) is 0.534. The summed E-state index contributed by atoms with van der Waals surface area (Å²) in [5.74, 6) is 1.48. The molecule has 0 N–H and O–H groups in total. The molecule has 1 fully saturated rings. The minimum absolute atomic E-state index is 0.126. The Bertz CT molecular complexity index is 876. The van der Waals surface area contributed by atoms with Crippen LogP contribution in [-0.4, -0.2) is 31.8 Å². The van der Waals surface area contributed by atoms with E-state index in [1.807, 2.05) is 0 Å². The molecule has 2 heterocycles. The molecule has 4 rings (SSSR count). The number of hydrogen-bond acceptors (Lipinski definition) is 7. The molecule has 1 aromatic carbocycles. The van der Waals surface area contributed by atoms with Crippen LogP contribution in [0.4, 0.5) is 0 Å². The Kier molecular flexibility index (Phi) is 3.88. The fourth-order valence-electron chi connectivity index (χ4n) is 2.57. The zero-order valence-electron chi connectivity index (χ0n) is 12.7. The van der Waals surface area contributed by atoms with Crippen LogP contribution in [-0.2, 0) is 21.3 Å². The van der Waals surface area contributed by atoms with E-state index in [4.69, 9.17) is 25.6 Å². The fraction of sp³-hybridized carbons (Fsp3) is 0.467. The van der Waals surface area contributed by atoms with Crippen LogP contribution in [0.15, 0.2) is 16.7 Å². The number of aromatic nitrogens is 2. The van der Waals surface area contributed by atoms with Crippen molar-refractivity contribution in [2.75, 3.05) is 13.2 Å². The molecule has 9 heteroatoms. The molecule has 2 aliphatic rings. The van der Waals surface area contributed by atoms with Crippen LogP contribution >= 0.6 is 11.6 Å². The van der Waals surface area contributed by atoms with Crippen molar-refractivity contribution in [1.29, 1.82) is 0 Å². The maximum Gasteiger partial charge on any atom is 0.241 e. The van der Waals surface area contributed by atoms with E-state index >= 15 is 0 Å². The number of ether oxygens (including phenoxy) is 2. The maximum atomic E-state index is 12.4. The van der Waals surface area contributed by atoms with Crippen LogP contribution in [0, 0.1) is 0 Å². The first-order chi connectivity index (χ1) is 11.5. The third-order valence-electron chi connectivity index (χ3n) is 3.81. The number of hydrogen-bond donors (Lipinski definition) is 0. The average Bonchev–Trinajstić information content (AvgIpc) is 3.27. The van der Waals surface area contributed by atoms with Gasteiger partial charge in [-0.15, -0.1) is 0 Å². The van der Waals surface area contributed by atoms with Crippen LogP contribution in [0.1, 0.15) is 36.0 Å². The highest BCUT2D eigenvalue weighted by Crippen LogP contribution is 2.39. The molecule has 1 aliphatic heterocycles. The van der Waals surface area contributed by atoms with Gasteiger partial charge in [0.1, 0.15) is 19.0 Å². The van der Waals surface area contributed by atoms with Crippen molar-refractivity contribution in [2.45, 2.75) is 30.3 Å². The molecule has 7 nitrogen and oxygen atoms in total. The molecule has 0 radical (unpaired) electrons. The first kappa shape index (κ1) is 15.7. The third kappa shape index (κ3) is 3.34. The topological polar surface area (TPSA) is 91.5 Å². The van der Waals surface area contributed by atoms with Crippen molar-refractivity contribution in [3.8, 4) is 11.5 Å². The molecule has 0 saturated heterocycles.